The maximum Gasteiger partial charge on any atom is 0.471 e. The molecular weight excluding hydrogens is 411 g/mol. The van der Waals surface area contributed by atoms with Gasteiger partial charge in [0, 0.05) is 30.7 Å². The number of hydrogen-bond acceptors (Lipinski definition) is 7. The van der Waals surface area contributed by atoms with Crippen molar-refractivity contribution in [3.63, 3.8) is 0 Å². The lowest BCUT2D eigenvalue weighted by Gasteiger charge is -2.48. The Morgan fingerprint density at radius 2 is 1.88 bits per heavy atom. The van der Waals surface area contributed by atoms with Crippen molar-refractivity contribution >= 4 is 24.7 Å². The molecule has 2 aliphatic rings. The Hall–Kier alpha value is -2.14. The predicted octanol–water partition coefficient (Wildman–Crippen LogP) is 0.548. The van der Waals surface area contributed by atoms with Crippen molar-refractivity contribution in [2.24, 2.45) is 5.73 Å². The summed E-state index contributed by atoms with van der Waals surface area (Å²) in [6, 6.07) is 9.85. The van der Waals surface area contributed by atoms with Crippen LogP contribution in [0, 0.1) is 0 Å². The first-order valence-electron chi connectivity index (χ1n) is 11.4. The van der Waals surface area contributed by atoms with Gasteiger partial charge in [-0.3, -0.25) is 9.59 Å². The van der Waals surface area contributed by atoms with Crippen LogP contribution in [0.5, 0.6) is 0 Å². The number of anilines is 1. The number of unbranched alkanes of at least 4 members (excludes halogenated alkanes) is 2. The number of piperidine rings is 1. The van der Waals surface area contributed by atoms with Crippen LogP contribution >= 0.6 is 0 Å². The topological polar surface area (TPSA) is 139 Å². The van der Waals surface area contributed by atoms with E-state index in [-0.39, 0.29) is 12.3 Å². The molecule has 6 N–H and O–H groups in total. The van der Waals surface area contributed by atoms with Gasteiger partial charge in [0.15, 0.2) is 0 Å². The number of para-hydroxylation sites is 1. The maximum absolute atomic E-state index is 12.9. The van der Waals surface area contributed by atoms with Gasteiger partial charge in [0.25, 0.3) is 0 Å². The Bertz CT molecular complexity index is 784. The average molecular weight is 446 g/mol. The Morgan fingerprint density at radius 3 is 2.47 bits per heavy atom. The van der Waals surface area contributed by atoms with Crippen LogP contribution in [0.2, 0.25) is 0 Å². The molecule has 1 spiro atoms. The number of carbonyl (C=O) groups is 2. The molecule has 1 aromatic carbocycles. The molecule has 1 aromatic rings. The van der Waals surface area contributed by atoms with E-state index in [9.17, 15) is 19.6 Å². The van der Waals surface area contributed by atoms with E-state index in [0.29, 0.717) is 51.9 Å². The van der Waals surface area contributed by atoms with Gasteiger partial charge in [-0.1, -0.05) is 31.0 Å². The number of nitrogens with two attached hydrogens (primary N) is 1. The minimum Gasteiger partial charge on any atom is -0.481 e. The third kappa shape index (κ3) is 5.25. The fourth-order valence-corrected chi connectivity index (χ4v) is 5.26. The molecule has 2 heterocycles. The van der Waals surface area contributed by atoms with E-state index < -0.39 is 30.1 Å². The number of nitrogens with one attached hydrogen (secondary N) is 1. The van der Waals surface area contributed by atoms with Crippen LogP contribution in [-0.4, -0.2) is 75.8 Å². The van der Waals surface area contributed by atoms with Crippen LogP contribution in [0.15, 0.2) is 30.3 Å². The fourth-order valence-electron chi connectivity index (χ4n) is 5.26. The molecule has 2 unspecified atom stereocenters. The summed E-state index contributed by atoms with van der Waals surface area (Å²) in [6.07, 6.45) is 3.81. The van der Waals surface area contributed by atoms with Gasteiger partial charge in [-0.2, -0.15) is 0 Å². The normalized spacial score (nSPS) is 21.2. The number of aliphatic carboxylic acids is 1. The minimum atomic E-state index is -1.61. The Labute approximate surface area is 189 Å². The summed E-state index contributed by atoms with van der Waals surface area (Å²) in [7, 11) is -1.61. The van der Waals surface area contributed by atoms with Gasteiger partial charge >= 0.3 is 13.1 Å². The maximum atomic E-state index is 12.9. The molecule has 10 heteroatoms. The lowest BCUT2D eigenvalue weighted by Crippen LogP contribution is -2.67. The van der Waals surface area contributed by atoms with Crippen LogP contribution in [-0.2, 0) is 9.59 Å². The second-order valence-corrected chi connectivity index (χ2v) is 9.31. The monoisotopic (exact) mass is 446 g/mol. The predicted molar refractivity (Wildman–Crippen MR) is 123 cm³/mol. The second-order valence-electron chi connectivity index (χ2n) is 9.31. The summed E-state index contributed by atoms with van der Waals surface area (Å²) >= 11 is 0. The third-order valence-electron chi connectivity index (χ3n) is 6.99. The number of rotatable bonds is 10. The molecule has 9 nitrogen and oxygen atoms in total. The molecule has 0 radical (unpaired) electrons. The zero-order chi connectivity index (χ0) is 23.4. The van der Waals surface area contributed by atoms with Crippen molar-refractivity contribution in [3.05, 3.63) is 30.3 Å². The Morgan fingerprint density at radius 1 is 1.22 bits per heavy atom. The zero-order valence-corrected chi connectivity index (χ0v) is 18.7. The quantitative estimate of drug-likeness (QED) is 0.259. The number of nitrogens with zero attached hydrogens (tertiary/aromatic N) is 2. The van der Waals surface area contributed by atoms with Crippen molar-refractivity contribution in [2.45, 2.75) is 68.9 Å². The molecule has 0 aliphatic carbocycles. The van der Waals surface area contributed by atoms with Gasteiger partial charge in [-0.05, 0) is 44.7 Å². The van der Waals surface area contributed by atoms with Crippen molar-refractivity contribution in [3.8, 4) is 0 Å². The number of amides is 1. The van der Waals surface area contributed by atoms with Gasteiger partial charge in [0.2, 0.25) is 5.91 Å². The molecule has 0 bridgehead atoms. The first kappa shape index (κ1) is 24.5. The molecule has 0 saturated carbocycles. The third-order valence-corrected chi connectivity index (χ3v) is 6.99. The van der Waals surface area contributed by atoms with E-state index in [0.717, 1.165) is 12.1 Å². The largest absolute Gasteiger partial charge is 0.481 e. The Kier molecular flexibility index (Phi) is 7.81. The number of carboxylic acid groups (broad SMARTS) is 1. The summed E-state index contributed by atoms with van der Waals surface area (Å²) in [5.41, 5.74) is 6.04. The van der Waals surface area contributed by atoms with Crippen molar-refractivity contribution in [1.29, 1.82) is 0 Å². The standard InChI is InChI=1S/C22H35BN4O5/c1-21(24,11-7-3-6-10-18(28)29)19(23(31)32)26-14-12-22(13-15-26)20(30)25-16-27(22)17-8-4-2-5-9-17/h2,4-5,8-9,19,31-32H,3,6-7,10-16,24H2,1H3,(H,25,30)(H,28,29). The lowest BCUT2D eigenvalue weighted by molar-refractivity contribution is -0.137. The van der Waals surface area contributed by atoms with Gasteiger partial charge in [0.1, 0.15) is 5.54 Å². The molecule has 2 saturated heterocycles. The van der Waals surface area contributed by atoms with E-state index in [2.05, 4.69) is 10.2 Å². The first-order valence-corrected chi connectivity index (χ1v) is 11.4. The highest BCUT2D eigenvalue weighted by atomic mass is 16.4. The summed E-state index contributed by atoms with van der Waals surface area (Å²) in [5, 5.41) is 32.1. The second kappa shape index (κ2) is 10.2. The van der Waals surface area contributed by atoms with Crippen molar-refractivity contribution in [2.75, 3.05) is 24.7 Å². The highest BCUT2D eigenvalue weighted by molar-refractivity contribution is 6.43. The van der Waals surface area contributed by atoms with Gasteiger partial charge in [-0.15, -0.1) is 0 Å². The van der Waals surface area contributed by atoms with Crippen LogP contribution in [0.1, 0.15) is 51.9 Å². The molecule has 0 aromatic heterocycles. The molecular formula is C22H35BN4O5. The summed E-state index contributed by atoms with van der Waals surface area (Å²) in [5.74, 6) is -1.48. The number of benzene rings is 1. The summed E-state index contributed by atoms with van der Waals surface area (Å²) < 4.78 is 0. The average Bonchev–Trinajstić information content (AvgIpc) is 3.05. The number of hydrogen-bond donors (Lipinski definition) is 5. The summed E-state index contributed by atoms with van der Waals surface area (Å²) in [4.78, 5) is 27.6. The smallest absolute Gasteiger partial charge is 0.471 e. The van der Waals surface area contributed by atoms with E-state index in [1.54, 1.807) is 0 Å². The molecule has 3 rings (SSSR count). The summed E-state index contributed by atoms with van der Waals surface area (Å²) in [6.45, 7) is 3.31. The van der Waals surface area contributed by atoms with Gasteiger partial charge in [0.05, 0.1) is 12.6 Å². The molecule has 32 heavy (non-hydrogen) atoms. The van der Waals surface area contributed by atoms with Crippen molar-refractivity contribution in [1.82, 2.24) is 10.2 Å². The van der Waals surface area contributed by atoms with E-state index in [1.807, 2.05) is 42.2 Å². The van der Waals surface area contributed by atoms with Crippen LogP contribution in [0.4, 0.5) is 5.69 Å². The lowest BCUT2D eigenvalue weighted by atomic mass is 9.65. The van der Waals surface area contributed by atoms with Gasteiger partial charge in [-0.25, -0.2) is 0 Å². The number of likely N-dealkylation sites (tertiary alicyclic amines) is 1. The Balaban J connectivity index is 1.65. The van der Waals surface area contributed by atoms with Crippen LogP contribution < -0.4 is 16.0 Å². The SMILES string of the molecule is CC(N)(CCCCCC(=O)O)C(B(O)O)N1CCC2(CC1)C(=O)NCN2c1ccccc1. The first-order chi connectivity index (χ1) is 15.2. The van der Waals surface area contributed by atoms with Crippen LogP contribution in [0.25, 0.3) is 0 Å². The number of carboxylic acids is 1. The molecule has 2 fully saturated rings. The fraction of sp³-hybridized carbons (Fsp3) is 0.636. The van der Waals surface area contributed by atoms with Crippen LogP contribution in [0.3, 0.4) is 0 Å². The zero-order valence-electron chi connectivity index (χ0n) is 18.7. The molecule has 176 valence electrons. The van der Waals surface area contributed by atoms with E-state index in [4.69, 9.17) is 10.8 Å². The highest BCUT2D eigenvalue weighted by Crippen LogP contribution is 2.37. The molecule has 2 aliphatic heterocycles. The van der Waals surface area contributed by atoms with Gasteiger partial charge < -0.3 is 36.0 Å². The molecule has 2 atom stereocenters. The van der Waals surface area contributed by atoms with E-state index in [1.165, 1.54) is 0 Å². The minimum absolute atomic E-state index is 0.0102. The number of carbonyl (C=O) groups excluding carboxylic acids is 1. The van der Waals surface area contributed by atoms with Crippen molar-refractivity contribution < 1.29 is 24.7 Å². The van der Waals surface area contributed by atoms with E-state index >= 15 is 0 Å². The highest BCUT2D eigenvalue weighted by Gasteiger charge is 2.53. The molecule has 1 amide bonds.